The number of hydrogen-bond acceptors (Lipinski definition) is 2. The van der Waals surface area contributed by atoms with Crippen LogP contribution in [0.3, 0.4) is 0 Å². The van der Waals surface area contributed by atoms with Gasteiger partial charge in [0.15, 0.2) is 5.17 Å². The third-order valence-corrected chi connectivity index (χ3v) is 3.60. The lowest BCUT2D eigenvalue weighted by Crippen LogP contribution is -2.09. The van der Waals surface area contributed by atoms with Crippen molar-refractivity contribution >= 4 is 32.9 Å². The number of nitrogens with zero attached hydrogens (tertiary/aromatic N) is 1. The smallest absolute Gasteiger partial charge is 0.154 e. The van der Waals surface area contributed by atoms with E-state index in [1.54, 1.807) is 11.8 Å². The molecule has 0 saturated heterocycles. The number of aliphatic imine (C=N–C) groups is 1. The average molecular weight is 301 g/mol. The molecule has 0 aliphatic carbocycles. The largest absolute Gasteiger partial charge is 0.379 e. The van der Waals surface area contributed by atoms with Gasteiger partial charge >= 0.3 is 0 Å². The van der Waals surface area contributed by atoms with Crippen molar-refractivity contribution in [2.75, 3.05) is 6.54 Å². The second kappa shape index (κ2) is 6.97. The number of halogens is 1. The van der Waals surface area contributed by atoms with E-state index in [-0.39, 0.29) is 0 Å². The second-order valence-corrected chi connectivity index (χ2v) is 5.80. The van der Waals surface area contributed by atoms with Crippen molar-refractivity contribution in [2.24, 2.45) is 16.6 Å². The Balaban J connectivity index is 2.46. The maximum absolute atomic E-state index is 5.82. The molecule has 0 unspecified atom stereocenters. The molecular weight excluding hydrogens is 284 g/mol. The van der Waals surface area contributed by atoms with Gasteiger partial charge in [-0.25, -0.2) is 0 Å². The fourth-order valence-electron chi connectivity index (χ4n) is 1.09. The lowest BCUT2D eigenvalue weighted by atomic mass is 10.2. The van der Waals surface area contributed by atoms with Crippen LogP contribution in [0.2, 0.25) is 0 Å². The lowest BCUT2D eigenvalue weighted by Gasteiger charge is -2.04. The summed E-state index contributed by atoms with van der Waals surface area (Å²) in [6.07, 6.45) is 0. The minimum Gasteiger partial charge on any atom is -0.379 e. The van der Waals surface area contributed by atoms with Gasteiger partial charge in [0.25, 0.3) is 0 Å². The first-order valence-corrected chi connectivity index (χ1v) is 7.03. The summed E-state index contributed by atoms with van der Waals surface area (Å²) in [4.78, 5) is 4.31. The molecule has 0 atom stereocenters. The van der Waals surface area contributed by atoms with Gasteiger partial charge in [-0.3, -0.25) is 4.99 Å². The Kier molecular flexibility index (Phi) is 5.91. The topological polar surface area (TPSA) is 38.4 Å². The van der Waals surface area contributed by atoms with Crippen molar-refractivity contribution in [3.05, 3.63) is 34.3 Å². The second-order valence-electron chi connectivity index (χ2n) is 3.95. The van der Waals surface area contributed by atoms with Gasteiger partial charge in [0.1, 0.15) is 0 Å². The molecule has 88 valence electrons. The van der Waals surface area contributed by atoms with Crippen molar-refractivity contribution in [3.8, 4) is 0 Å². The molecule has 0 saturated carbocycles. The highest BCUT2D eigenvalue weighted by Gasteiger charge is 2.01. The van der Waals surface area contributed by atoms with E-state index in [1.165, 1.54) is 5.56 Å². The van der Waals surface area contributed by atoms with Gasteiger partial charge in [0.2, 0.25) is 0 Å². The molecule has 2 N–H and O–H groups in total. The molecule has 16 heavy (non-hydrogen) atoms. The number of thioether (sulfide) groups is 1. The predicted octanol–water partition coefficient (Wildman–Crippen LogP) is 3.65. The summed E-state index contributed by atoms with van der Waals surface area (Å²) in [6, 6.07) is 8.17. The van der Waals surface area contributed by atoms with Crippen LogP contribution >= 0.6 is 27.7 Å². The zero-order valence-corrected chi connectivity index (χ0v) is 12.0. The Bertz CT molecular complexity index is 364. The Hall–Kier alpha value is -0.480. The highest BCUT2D eigenvalue weighted by molar-refractivity contribution is 9.10. The van der Waals surface area contributed by atoms with E-state index in [0.717, 1.165) is 16.8 Å². The molecule has 0 aromatic heterocycles. The first kappa shape index (κ1) is 13.6. The molecule has 0 radical (unpaired) electrons. The molecule has 1 aromatic carbocycles. The van der Waals surface area contributed by atoms with Crippen LogP contribution in [0.1, 0.15) is 19.4 Å². The van der Waals surface area contributed by atoms with Gasteiger partial charge in [0, 0.05) is 16.8 Å². The Labute approximate surface area is 110 Å². The quantitative estimate of drug-likeness (QED) is 0.681. The number of nitrogens with two attached hydrogens (primary N) is 1. The fraction of sp³-hybridized carbons (Fsp3) is 0.417. The number of amidine groups is 1. The zero-order valence-electron chi connectivity index (χ0n) is 9.61. The molecule has 0 fully saturated rings. The van der Waals surface area contributed by atoms with Gasteiger partial charge in [0.05, 0.1) is 0 Å². The van der Waals surface area contributed by atoms with Crippen LogP contribution < -0.4 is 5.73 Å². The first-order chi connectivity index (χ1) is 7.59. The van der Waals surface area contributed by atoms with Crippen LogP contribution in [0.15, 0.2) is 33.7 Å². The van der Waals surface area contributed by atoms with Crippen molar-refractivity contribution in [2.45, 2.75) is 19.6 Å². The summed E-state index contributed by atoms with van der Waals surface area (Å²) in [5.74, 6) is 1.41. The average Bonchev–Trinajstić information content (AvgIpc) is 2.25. The number of rotatable bonds is 4. The van der Waals surface area contributed by atoms with Crippen molar-refractivity contribution in [1.82, 2.24) is 0 Å². The molecule has 0 heterocycles. The summed E-state index contributed by atoms with van der Waals surface area (Å²) in [5, 5.41) is 0.671. The molecular formula is C12H17BrN2S. The van der Waals surface area contributed by atoms with E-state index >= 15 is 0 Å². The Morgan fingerprint density at radius 1 is 1.44 bits per heavy atom. The number of benzene rings is 1. The van der Waals surface area contributed by atoms with E-state index in [1.807, 2.05) is 18.2 Å². The SMILES string of the molecule is CC(C)CN=C(N)SCc1ccccc1Br. The molecule has 0 bridgehead atoms. The monoisotopic (exact) mass is 300 g/mol. The van der Waals surface area contributed by atoms with Crippen LogP contribution in [-0.2, 0) is 5.75 Å². The summed E-state index contributed by atoms with van der Waals surface area (Å²) >= 11 is 5.10. The van der Waals surface area contributed by atoms with Crippen LogP contribution in [-0.4, -0.2) is 11.7 Å². The van der Waals surface area contributed by atoms with E-state index in [2.05, 4.69) is 40.8 Å². The van der Waals surface area contributed by atoms with Gasteiger partial charge in [-0.15, -0.1) is 0 Å². The van der Waals surface area contributed by atoms with E-state index in [4.69, 9.17) is 5.73 Å². The third kappa shape index (κ3) is 5.03. The Morgan fingerprint density at radius 2 is 2.12 bits per heavy atom. The van der Waals surface area contributed by atoms with Gasteiger partial charge in [-0.2, -0.15) is 0 Å². The van der Waals surface area contributed by atoms with Gasteiger partial charge < -0.3 is 5.73 Å². The highest BCUT2D eigenvalue weighted by Crippen LogP contribution is 2.21. The summed E-state index contributed by atoms with van der Waals surface area (Å²) in [7, 11) is 0. The lowest BCUT2D eigenvalue weighted by molar-refractivity contribution is 0.666. The minimum atomic E-state index is 0.558. The van der Waals surface area contributed by atoms with Crippen molar-refractivity contribution < 1.29 is 0 Å². The zero-order chi connectivity index (χ0) is 12.0. The first-order valence-electron chi connectivity index (χ1n) is 5.25. The molecule has 2 nitrogen and oxygen atoms in total. The molecule has 1 aromatic rings. The normalized spacial score (nSPS) is 12.1. The van der Waals surface area contributed by atoms with Crippen LogP contribution in [0.4, 0.5) is 0 Å². The van der Waals surface area contributed by atoms with Crippen LogP contribution in [0, 0.1) is 5.92 Å². The molecule has 0 aliphatic heterocycles. The van der Waals surface area contributed by atoms with Crippen molar-refractivity contribution in [3.63, 3.8) is 0 Å². The fourth-order valence-corrected chi connectivity index (χ4v) is 2.42. The molecule has 0 amide bonds. The van der Waals surface area contributed by atoms with Crippen LogP contribution in [0.5, 0.6) is 0 Å². The van der Waals surface area contributed by atoms with Crippen LogP contribution in [0.25, 0.3) is 0 Å². The summed E-state index contributed by atoms with van der Waals surface area (Å²) in [6.45, 7) is 5.07. The van der Waals surface area contributed by atoms with Crippen molar-refractivity contribution in [1.29, 1.82) is 0 Å². The number of hydrogen-bond donors (Lipinski definition) is 1. The molecule has 1 rings (SSSR count). The van der Waals surface area contributed by atoms with Gasteiger partial charge in [-0.1, -0.05) is 59.7 Å². The third-order valence-electron chi connectivity index (χ3n) is 1.95. The van der Waals surface area contributed by atoms with E-state index < -0.39 is 0 Å². The maximum atomic E-state index is 5.82. The molecule has 0 aliphatic rings. The standard InChI is InChI=1S/C12H17BrN2S/c1-9(2)7-15-12(14)16-8-10-5-3-4-6-11(10)13/h3-6,9H,7-8H2,1-2H3,(H2,14,15). The van der Waals surface area contributed by atoms with Gasteiger partial charge in [-0.05, 0) is 17.5 Å². The van der Waals surface area contributed by atoms with E-state index in [9.17, 15) is 0 Å². The maximum Gasteiger partial charge on any atom is 0.154 e. The Morgan fingerprint density at radius 3 is 2.75 bits per heavy atom. The highest BCUT2D eigenvalue weighted by atomic mass is 79.9. The predicted molar refractivity (Wildman–Crippen MR) is 76.8 cm³/mol. The minimum absolute atomic E-state index is 0.558. The summed E-state index contributed by atoms with van der Waals surface area (Å²) in [5.41, 5.74) is 7.06. The molecule has 4 heteroatoms. The summed E-state index contributed by atoms with van der Waals surface area (Å²) < 4.78 is 1.12. The van der Waals surface area contributed by atoms with E-state index in [0.29, 0.717) is 11.1 Å². The molecule has 0 spiro atoms.